The van der Waals surface area contributed by atoms with Crippen molar-refractivity contribution in [3.05, 3.63) is 49.7 Å². The van der Waals surface area contributed by atoms with Crippen molar-refractivity contribution in [3.8, 4) is 0 Å². The van der Waals surface area contributed by atoms with E-state index >= 15 is 0 Å². The summed E-state index contributed by atoms with van der Waals surface area (Å²) in [6.07, 6.45) is 1.73. The lowest BCUT2D eigenvalue weighted by molar-refractivity contribution is 0.933. The van der Waals surface area contributed by atoms with E-state index in [1.807, 2.05) is 12.1 Å². The van der Waals surface area contributed by atoms with Crippen LogP contribution in [0, 0.1) is 0 Å². The van der Waals surface area contributed by atoms with Crippen LogP contribution in [-0.2, 0) is 6.54 Å². The quantitative estimate of drug-likeness (QED) is 0.637. The van der Waals surface area contributed by atoms with E-state index in [1.54, 1.807) is 17.5 Å². The summed E-state index contributed by atoms with van der Waals surface area (Å²) in [7, 11) is 2.05. The number of rotatable bonds is 3. The fourth-order valence-corrected chi connectivity index (χ4v) is 3.94. The lowest BCUT2D eigenvalue weighted by Gasteiger charge is -2.22. The van der Waals surface area contributed by atoms with Crippen LogP contribution in [0.4, 0.5) is 11.4 Å². The van der Waals surface area contributed by atoms with Gasteiger partial charge in [-0.1, -0.05) is 15.9 Å². The Bertz CT molecular complexity index is 795. The van der Waals surface area contributed by atoms with Crippen LogP contribution in [0.2, 0.25) is 0 Å². The van der Waals surface area contributed by atoms with Gasteiger partial charge < -0.3 is 10.6 Å². The number of nitrogen functional groups attached to an aromatic ring is 1. The number of hydrogen-bond donors (Lipinski definition) is 1. The Morgan fingerprint density at radius 1 is 1.29 bits per heavy atom. The fraction of sp³-hybridized carbons (Fsp3) is 0.133. The van der Waals surface area contributed by atoms with Crippen molar-refractivity contribution in [3.63, 3.8) is 0 Å². The van der Waals surface area contributed by atoms with Crippen LogP contribution in [0.5, 0.6) is 0 Å². The van der Waals surface area contributed by atoms with E-state index < -0.39 is 0 Å². The molecule has 0 atom stereocenters. The van der Waals surface area contributed by atoms with Crippen LogP contribution >= 0.6 is 43.2 Å². The minimum Gasteiger partial charge on any atom is -0.396 e. The fourth-order valence-electron chi connectivity index (χ4n) is 2.37. The lowest BCUT2D eigenvalue weighted by atomic mass is 10.1. The molecule has 0 radical (unpaired) electrons. The second kappa shape index (κ2) is 5.94. The zero-order valence-corrected chi connectivity index (χ0v) is 15.3. The van der Waals surface area contributed by atoms with Crippen LogP contribution in [0.1, 0.15) is 5.56 Å². The number of nitrogens with zero attached hydrogens (tertiary/aromatic N) is 2. The predicted molar refractivity (Wildman–Crippen MR) is 98.0 cm³/mol. The largest absolute Gasteiger partial charge is 0.396 e. The summed E-state index contributed by atoms with van der Waals surface area (Å²) in [5.41, 5.74) is 10.1. The normalized spacial score (nSPS) is 11.0. The first kappa shape index (κ1) is 14.8. The highest BCUT2D eigenvalue weighted by molar-refractivity contribution is 9.11. The molecule has 2 aromatic heterocycles. The molecule has 2 N–H and O–H groups in total. The molecule has 2 heterocycles. The minimum atomic E-state index is 0.692. The van der Waals surface area contributed by atoms with Gasteiger partial charge in [0, 0.05) is 23.5 Å². The number of hydrogen-bond acceptors (Lipinski definition) is 4. The third-order valence-electron chi connectivity index (χ3n) is 3.25. The molecule has 3 nitrogen and oxygen atoms in total. The first-order valence-electron chi connectivity index (χ1n) is 6.32. The Hall–Kier alpha value is -1.11. The van der Waals surface area contributed by atoms with E-state index in [4.69, 9.17) is 5.73 Å². The summed E-state index contributed by atoms with van der Waals surface area (Å²) in [6.45, 7) is 0.803. The van der Waals surface area contributed by atoms with Crippen LogP contribution in [0.3, 0.4) is 0 Å². The molecule has 0 saturated heterocycles. The number of nitrogens with two attached hydrogens (primary N) is 1. The molecule has 21 heavy (non-hydrogen) atoms. The first-order chi connectivity index (χ1) is 10.0. The van der Waals surface area contributed by atoms with Crippen LogP contribution in [-0.4, -0.2) is 12.0 Å². The Morgan fingerprint density at radius 2 is 2.10 bits per heavy atom. The SMILES string of the molecule is CN(Cc1csc(Br)c1)c1c(N)cnc2ccc(Br)cc12. The predicted octanol–water partition coefficient (Wildman–Crippen LogP) is 5.04. The lowest BCUT2D eigenvalue weighted by Crippen LogP contribution is -2.18. The van der Waals surface area contributed by atoms with Gasteiger partial charge in [0.1, 0.15) is 0 Å². The van der Waals surface area contributed by atoms with Gasteiger partial charge >= 0.3 is 0 Å². The number of aromatic nitrogens is 1. The molecule has 6 heteroatoms. The van der Waals surface area contributed by atoms with Gasteiger partial charge in [-0.15, -0.1) is 11.3 Å². The number of anilines is 2. The van der Waals surface area contributed by atoms with Crippen molar-refractivity contribution in [2.45, 2.75) is 6.54 Å². The maximum absolute atomic E-state index is 6.17. The summed E-state index contributed by atoms with van der Waals surface area (Å²) >= 11 is 8.71. The molecule has 108 valence electrons. The van der Waals surface area contributed by atoms with Gasteiger partial charge in [0.2, 0.25) is 0 Å². The molecular formula is C15H13Br2N3S. The van der Waals surface area contributed by atoms with E-state index in [0.717, 1.165) is 31.4 Å². The first-order valence-corrected chi connectivity index (χ1v) is 8.79. The Morgan fingerprint density at radius 3 is 2.81 bits per heavy atom. The van der Waals surface area contributed by atoms with Gasteiger partial charge in [-0.05, 0) is 51.1 Å². The van der Waals surface area contributed by atoms with Crippen LogP contribution in [0.25, 0.3) is 10.9 Å². The highest BCUT2D eigenvalue weighted by Gasteiger charge is 2.12. The van der Waals surface area contributed by atoms with Gasteiger partial charge in [-0.3, -0.25) is 4.98 Å². The molecule has 3 rings (SSSR count). The van der Waals surface area contributed by atoms with Gasteiger partial charge in [-0.2, -0.15) is 0 Å². The number of halogens is 2. The van der Waals surface area contributed by atoms with E-state index in [-0.39, 0.29) is 0 Å². The van der Waals surface area contributed by atoms with Crippen molar-refractivity contribution in [2.75, 3.05) is 17.7 Å². The molecule has 0 aliphatic carbocycles. The van der Waals surface area contributed by atoms with Gasteiger partial charge in [0.25, 0.3) is 0 Å². The van der Waals surface area contributed by atoms with E-state index in [0.29, 0.717) is 5.69 Å². The molecule has 0 aliphatic rings. The summed E-state index contributed by atoms with van der Waals surface area (Å²) in [5.74, 6) is 0. The minimum absolute atomic E-state index is 0.692. The summed E-state index contributed by atoms with van der Waals surface area (Å²) in [4.78, 5) is 6.57. The van der Waals surface area contributed by atoms with Crippen LogP contribution in [0.15, 0.2) is 44.1 Å². The average Bonchev–Trinajstić information content (AvgIpc) is 2.83. The molecule has 3 aromatic rings. The monoisotopic (exact) mass is 425 g/mol. The number of pyridine rings is 1. The zero-order chi connectivity index (χ0) is 15.0. The van der Waals surface area contributed by atoms with Crippen molar-refractivity contribution in [2.24, 2.45) is 0 Å². The van der Waals surface area contributed by atoms with E-state index in [2.05, 4.69) is 66.3 Å². The molecule has 0 aliphatic heterocycles. The molecule has 0 fully saturated rings. The van der Waals surface area contributed by atoms with Crippen molar-refractivity contribution >= 4 is 65.5 Å². The second-order valence-corrected chi connectivity index (χ2v) is 8.04. The second-order valence-electron chi connectivity index (χ2n) is 4.84. The number of thiophene rings is 1. The smallest absolute Gasteiger partial charge is 0.0745 e. The zero-order valence-electron chi connectivity index (χ0n) is 11.3. The van der Waals surface area contributed by atoms with Gasteiger partial charge in [0.15, 0.2) is 0 Å². The van der Waals surface area contributed by atoms with Gasteiger partial charge in [-0.25, -0.2) is 0 Å². The third-order valence-corrected chi connectivity index (χ3v) is 5.30. The van der Waals surface area contributed by atoms with Crippen molar-refractivity contribution < 1.29 is 0 Å². The van der Waals surface area contributed by atoms with Crippen molar-refractivity contribution in [1.82, 2.24) is 4.98 Å². The Kier molecular flexibility index (Phi) is 4.19. The van der Waals surface area contributed by atoms with Crippen LogP contribution < -0.4 is 10.6 Å². The Balaban J connectivity index is 2.05. The molecular weight excluding hydrogens is 414 g/mol. The molecule has 0 saturated carbocycles. The third kappa shape index (κ3) is 3.07. The van der Waals surface area contributed by atoms with E-state index in [9.17, 15) is 0 Å². The molecule has 0 unspecified atom stereocenters. The average molecular weight is 427 g/mol. The standard InChI is InChI=1S/C15H13Br2N3S/c1-20(7-9-4-14(17)21-8-9)15-11-5-10(16)2-3-13(11)19-6-12(15)18/h2-6,8H,7,18H2,1H3. The molecule has 0 bridgehead atoms. The number of fused-ring (bicyclic) bond motifs is 1. The highest BCUT2D eigenvalue weighted by Crippen LogP contribution is 2.34. The van der Waals surface area contributed by atoms with Gasteiger partial charge in [0.05, 0.1) is 26.9 Å². The number of benzene rings is 1. The highest BCUT2D eigenvalue weighted by atomic mass is 79.9. The summed E-state index contributed by atoms with van der Waals surface area (Å²) < 4.78 is 2.16. The van der Waals surface area contributed by atoms with Crippen molar-refractivity contribution in [1.29, 1.82) is 0 Å². The summed E-state index contributed by atoms with van der Waals surface area (Å²) in [6, 6.07) is 8.19. The molecule has 0 amide bonds. The maximum Gasteiger partial charge on any atom is 0.0745 e. The maximum atomic E-state index is 6.17. The molecule has 1 aromatic carbocycles. The van der Waals surface area contributed by atoms with E-state index in [1.165, 1.54) is 5.56 Å². The topological polar surface area (TPSA) is 42.1 Å². The Labute approximate surface area is 144 Å². The molecule has 0 spiro atoms. The summed E-state index contributed by atoms with van der Waals surface area (Å²) in [5, 5.41) is 3.21.